The third kappa shape index (κ3) is 4.17. The zero-order valence-corrected chi connectivity index (χ0v) is 16.0. The average molecular weight is 336 g/mol. The van der Waals surface area contributed by atoms with Crippen molar-refractivity contribution < 1.29 is 0 Å². The van der Waals surface area contributed by atoms with Gasteiger partial charge in [-0.2, -0.15) is 5.26 Å². The molecule has 3 rings (SSSR count). The first kappa shape index (κ1) is 18.2. The third-order valence-electron chi connectivity index (χ3n) is 6.80. The van der Waals surface area contributed by atoms with Crippen LogP contribution in [0.2, 0.25) is 0 Å². The molecule has 2 aliphatic carbocycles. The first-order chi connectivity index (χ1) is 12.1. The minimum absolute atomic E-state index is 0.0509. The number of nitrogens with zero attached hydrogens (tertiary/aromatic N) is 1. The van der Waals surface area contributed by atoms with Gasteiger partial charge in [-0.1, -0.05) is 61.2 Å². The summed E-state index contributed by atoms with van der Waals surface area (Å²) in [6.45, 7) is 4.17. The van der Waals surface area contributed by atoms with Gasteiger partial charge >= 0.3 is 0 Å². The maximum Gasteiger partial charge on any atom is 0.0694 e. The third-order valence-corrected chi connectivity index (χ3v) is 6.80. The lowest BCUT2D eigenvalue weighted by molar-refractivity contribution is 0.136. The molecule has 0 radical (unpaired) electrons. The molecule has 2 aliphatic rings. The predicted molar refractivity (Wildman–Crippen MR) is 105 cm³/mol. The smallest absolute Gasteiger partial charge is 0.0694 e. The Morgan fingerprint density at radius 2 is 1.68 bits per heavy atom. The van der Waals surface area contributed by atoms with Crippen molar-refractivity contribution >= 4 is 0 Å². The Hall–Kier alpha value is -1.55. The molecule has 1 aromatic carbocycles. The van der Waals surface area contributed by atoms with Crippen molar-refractivity contribution in [2.75, 3.05) is 0 Å². The van der Waals surface area contributed by atoms with Gasteiger partial charge in [0, 0.05) is 0 Å². The fourth-order valence-electron chi connectivity index (χ4n) is 5.23. The fourth-order valence-corrected chi connectivity index (χ4v) is 5.23. The van der Waals surface area contributed by atoms with Crippen molar-refractivity contribution in [3.8, 4) is 6.07 Å². The van der Waals surface area contributed by atoms with Crippen LogP contribution in [0.5, 0.6) is 0 Å². The molecule has 0 amide bonds. The van der Waals surface area contributed by atoms with Gasteiger partial charge in [-0.15, -0.1) is 0 Å². The zero-order valence-electron chi connectivity index (χ0n) is 16.0. The number of rotatable bonds is 4. The Labute approximate surface area is 154 Å². The Morgan fingerprint density at radius 1 is 1.04 bits per heavy atom. The molecule has 0 aliphatic heterocycles. The monoisotopic (exact) mass is 335 g/mol. The number of hydrogen-bond acceptors (Lipinski definition) is 1. The molecule has 1 heteroatoms. The summed E-state index contributed by atoms with van der Waals surface area (Å²) >= 11 is 0. The van der Waals surface area contributed by atoms with E-state index in [9.17, 15) is 0 Å². The zero-order chi connectivity index (χ0) is 17.7. The average Bonchev–Trinajstić information content (AvgIpc) is 2.67. The van der Waals surface area contributed by atoms with Crippen LogP contribution in [0.3, 0.4) is 0 Å². The van der Waals surface area contributed by atoms with Gasteiger partial charge in [-0.25, -0.2) is 0 Å². The van der Waals surface area contributed by atoms with Crippen LogP contribution in [0.15, 0.2) is 36.4 Å². The molecule has 2 fully saturated rings. The van der Waals surface area contributed by atoms with Crippen molar-refractivity contribution in [2.24, 2.45) is 17.8 Å². The van der Waals surface area contributed by atoms with E-state index in [4.69, 9.17) is 5.26 Å². The number of benzene rings is 1. The van der Waals surface area contributed by atoms with Crippen LogP contribution in [0.1, 0.15) is 75.8 Å². The fraction of sp³-hybridized carbons (Fsp3) is 0.625. The topological polar surface area (TPSA) is 23.8 Å². The SMILES string of the molecule is Cc1ccc(C2(C3CCC(C=CC(C)C#N)CC3)CCCCC2)cc1. The van der Waals surface area contributed by atoms with Gasteiger partial charge in [0.25, 0.3) is 0 Å². The van der Waals surface area contributed by atoms with Crippen LogP contribution in [0, 0.1) is 36.0 Å². The Kier molecular flexibility index (Phi) is 6.00. The van der Waals surface area contributed by atoms with Crippen LogP contribution < -0.4 is 0 Å². The van der Waals surface area contributed by atoms with E-state index in [-0.39, 0.29) is 5.92 Å². The summed E-state index contributed by atoms with van der Waals surface area (Å²) in [5, 5.41) is 8.95. The van der Waals surface area contributed by atoms with Crippen molar-refractivity contribution in [3.05, 3.63) is 47.5 Å². The quantitative estimate of drug-likeness (QED) is 0.560. The van der Waals surface area contributed by atoms with E-state index in [2.05, 4.69) is 49.4 Å². The lowest BCUT2D eigenvalue weighted by atomic mass is 9.58. The molecule has 1 atom stereocenters. The van der Waals surface area contributed by atoms with E-state index < -0.39 is 0 Å². The highest BCUT2D eigenvalue weighted by Crippen LogP contribution is 2.51. The number of nitriles is 1. The highest BCUT2D eigenvalue weighted by Gasteiger charge is 2.42. The number of hydrogen-bond donors (Lipinski definition) is 0. The molecular weight excluding hydrogens is 302 g/mol. The lowest BCUT2D eigenvalue weighted by Crippen LogP contribution is -2.39. The maximum atomic E-state index is 8.95. The maximum absolute atomic E-state index is 8.95. The molecule has 25 heavy (non-hydrogen) atoms. The second-order valence-corrected chi connectivity index (χ2v) is 8.50. The van der Waals surface area contributed by atoms with Gasteiger partial charge in [0.2, 0.25) is 0 Å². The highest BCUT2D eigenvalue weighted by molar-refractivity contribution is 5.30. The van der Waals surface area contributed by atoms with Gasteiger partial charge in [0.15, 0.2) is 0 Å². The minimum Gasteiger partial charge on any atom is -0.198 e. The molecule has 0 saturated heterocycles. The molecule has 134 valence electrons. The molecule has 0 bridgehead atoms. The second-order valence-electron chi connectivity index (χ2n) is 8.50. The summed E-state index contributed by atoms with van der Waals surface area (Å²) in [5.41, 5.74) is 3.41. The number of allylic oxidation sites excluding steroid dienone is 2. The molecule has 0 N–H and O–H groups in total. The van der Waals surface area contributed by atoms with Crippen molar-refractivity contribution in [2.45, 2.75) is 77.0 Å². The van der Waals surface area contributed by atoms with Crippen LogP contribution >= 0.6 is 0 Å². The lowest BCUT2D eigenvalue weighted by Gasteiger charge is -2.47. The Balaban J connectivity index is 1.72. The summed E-state index contributed by atoms with van der Waals surface area (Å²) < 4.78 is 0. The summed E-state index contributed by atoms with van der Waals surface area (Å²) in [5.74, 6) is 1.58. The summed E-state index contributed by atoms with van der Waals surface area (Å²) in [7, 11) is 0. The molecule has 1 aromatic rings. The van der Waals surface area contributed by atoms with Crippen LogP contribution in [0.4, 0.5) is 0 Å². The van der Waals surface area contributed by atoms with E-state index in [1.165, 1.54) is 63.4 Å². The summed E-state index contributed by atoms with van der Waals surface area (Å²) in [4.78, 5) is 0. The van der Waals surface area contributed by atoms with Crippen molar-refractivity contribution in [3.63, 3.8) is 0 Å². The normalized spacial score (nSPS) is 27.7. The standard InChI is InChI=1S/C24H33N/c1-19-7-12-22(13-8-19)24(16-4-3-5-17-24)23-14-10-21(11-15-23)9-6-20(2)18-25/h6-9,12-13,20-21,23H,3-5,10-11,14-17H2,1-2H3. The van der Waals surface area contributed by atoms with E-state index in [0.29, 0.717) is 11.3 Å². The molecule has 2 saturated carbocycles. The molecule has 0 spiro atoms. The van der Waals surface area contributed by atoms with E-state index >= 15 is 0 Å². The molecule has 0 heterocycles. The van der Waals surface area contributed by atoms with E-state index in [1.54, 1.807) is 5.56 Å². The second kappa shape index (κ2) is 8.22. The largest absolute Gasteiger partial charge is 0.198 e. The van der Waals surface area contributed by atoms with E-state index in [0.717, 1.165) is 5.92 Å². The summed E-state index contributed by atoms with van der Waals surface area (Å²) in [6, 6.07) is 11.8. The minimum atomic E-state index is 0.0509. The highest BCUT2D eigenvalue weighted by atomic mass is 14.5. The van der Waals surface area contributed by atoms with Crippen LogP contribution in [0.25, 0.3) is 0 Å². The first-order valence-electron chi connectivity index (χ1n) is 10.3. The summed E-state index contributed by atoms with van der Waals surface area (Å²) in [6.07, 6.45) is 16.7. The van der Waals surface area contributed by atoms with E-state index in [1.807, 2.05) is 6.92 Å². The van der Waals surface area contributed by atoms with Crippen LogP contribution in [-0.4, -0.2) is 0 Å². The first-order valence-corrected chi connectivity index (χ1v) is 10.3. The molecular formula is C24H33N. The predicted octanol–water partition coefficient (Wildman–Crippen LogP) is 6.72. The van der Waals surface area contributed by atoms with Crippen molar-refractivity contribution in [1.29, 1.82) is 5.26 Å². The number of aryl methyl sites for hydroxylation is 1. The molecule has 0 aromatic heterocycles. The Bertz CT molecular complexity index is 604. The van der Waals surface area contributed by atoms with Gasteiger partial charge in [0.1, 0.15) is 0 Å². The van der Waals surface area contributed by atoms with Gasteiger partial charge in [-0.3, -0.25) is 0 Å². The molecule has 1 nitrogen and oxygen atoms in total. The van der Waals surface area contributed by atoms with Crippen LogP contribution in [-0.2, 0) is 5.41 Å². The van der Waals surface area contributed by atoms with Gasteiger partial charge < -0.3 is 0 Å². The van der Waals surface area contributed by atoms with Crippen molar-refractivity contribution in [1.82, 2.24) is 0 Å². The molecule has 1 unspecified atom stereocenters. The van der Waals surface area contributed by atoms with Gasteiger partial charge in [-0.05, 0) is 75.2 Å². The Morgan fingerprint density at radius 3 is 2.28 bits per heavy atom. The van der Waals surface area contributed by atoms with Gasteiger partial charge in [0.05, 0.1) is 12.0 Å².